The van der Waals surface area contributed by atoms with Gasteiger partial charge in [0.25, 0.3) is 0 Å². The lowest BCUT2D eigenvalue weighted by Crippen LogP contribution is -2.52. The molecule has 0 bridgehead atoms. The van der Waals surface area contributed by atoms with E-state index in [1.54, 1.807) is 13.8 Å². The minimum atomic E-state index is -4.73. The molecule has 2 rings (SSSR count). The fourth-order valence-electron chi connectivity index (χ4n) is 3.25. The van der Waals surface area contributed by atoms with Crippen LogP contribution in [0, 0.1) is 5.82 Å². The van der Waals surface area contributed by atoms with Gasteiger partial charge in [0.2, 0.25) is 21.8 Å². The summed E-state index contributed by atoms with van der Waals surface area (Å²) in [7, 11) is -4.21. The zero-order valence-electron chi connectivity index (χ0n) is 19.6. The third-order valence-electron chi connectivity index (χ3n) is 5.04. The highest BCUT2D eigenvalue weighted by Gasteiger charge is 2.33. The van der Waals surface area contributed by atoms with Gasteiger partial charge in [-0.15, -0.1) is 0 Å². The van der Waals surface area contributed by atoms with E-state index in [0.717, 1.165) is 29.4 Å². The van der Waals surface area contributed by atoms with E-state index in [-0.39, 0.29) is 23.8 Å². The fraction of sp³-hybridized carbons (Fsp3) is 0.391. The van der Waals surface area contributed by atoms with Crippen LogP contribution in [0.4, 0.5) is 23.2 Å². The molecule has 0 aliphatic heterocycles. The summed E-state index contributed by atoms with van der Waals surface area (Å²) in [6.45, 7) is 3.54. The zero-order valence-corrected chi connectivity index (χ0v) is 20.5. The van der Waals surface area contributed by atoms with Gasteiger partial charge in [0.1, 0.15) is 18.4 Å². The number of halogens is 4. The van der Waals surface area contributed by atoms with Crippen molar-refractivity contribution in [2.24, 2.45) is 0 Å². The maximum atomic E-state index is 14.3. The van der Waals surface area contributed by atoms with Gasteiger partial charge in [0.05, 0.1) is 17.5 Å². The third-order valence-corrected chi connectivity index (χ3v) is 6.18. The molecule has 0 aromatic heterocycles. The van der Waals surface area contributed by atoms with Crippen LogP contribution in [-0.2, 0) is 32.3 Å². The van der Waals surface area contributed by atoms with E-state index in [1.807, 2.05) is 0 Å². The van der Waals surface area contributed by atoms with E-state index in [9.17, 15) is 35.6 Å². The number of amides is 2. The van der Waals surface area contributed by atoms with E-state index in [0.29, 0.717) is 10.4 Å². The van der Waals surface area contributed by atoms with E-state index < -0.39 is 52.0 Å². The number of hydrogen-bond donors (Lipinski definition) is 1. The standard InChI is InChI=1S/C23H27F4N3O4S/c1-15(2)28-22(32)16(3)29(13-17-8-5-6-11-20(17)24)21(31)14-30(35(4,33)34)19-10-7-9-18(12-19)23(25,26)27/h5-12,15-16H,13-14H2,1-4H3,(H,28,32)/t16-/m1/s1. The highest BCUT2D eigenvalue weighted by molar-refractivity contribution is 7.92. The van der Waals surface area contributed by atoms with Crippen LogP contribution in [0.15, 0.2) is 48.5 Å². The SMILES string of the molecule is CC(C)NC(=O)[C@@H](C)N(Cc1ccccc1F)C(=O)CN(c1cccc(C(F)(F)F)c1)S(C)(=O)=O. The van der Waals surface area contributed by atoms with Crippen molar-refractivity contribution in [1.82, 2.24) is 10.2 Å². The second-order valence-electron chi connectivity index (χ2n) is 8.27. The minimum Gasteiger partial charge on any atom is -0.352 e. The summed E-state index contributed by atoms with van der Waals surface area (Å²) < 4.78 is 79.2. The summed E-state index contributed by atoms with van der Waals surface area (Å²) in [5, 5.41) is 2.63. The number of benzene rings is 2. The monoisotopic (exact) mass is 517 g/mol. The first-order valence-electron chi connectivity index (χ1n) is 10.6. The number of carbonyl (C=O) groups is 2. The summed E-state index contributed by atoms with van der Waals surface area (Å²) in [4.78, 5) is 26.9. The average Bonchev–Trinajstić information content (AvgIpc) is 2.74. The highest BCUT2D eigenvalue weighted by Crippen LogP contribution is 2.32. The molecule has 1 N–H and O–H groups in total. The Kier molecular flexibility index (Phi) is 8.88. The fourth-order valence-corrected chi connectivity index (χ4v) is 4.09. The normalized spacial score (nSPS) is 12.8. The van der Waals surface area contributed by atoms with Crippen LogP contribution in [-0.4, -0.2) is 50.0 Å². The summed E-state index contributed by atoms with van der Waals surface area (Å²) in [5.41, 5.74) is -1.39. The number of nitrogens with zero attached hydrogens (tertiary/aromatic N) is 2. The molecule has 0 spiro atoms. The van der Waals surface area contributed by atoms with Crippen molar-refractivity contribution in [2.75, 3.05) is 17.1 Å². The van der Waals surface area contributed by atoms with Crippen LogP contribution in [0.25, 0.3) is 0 Å². The van der Waals surface area contributed by atoms with E-state index in [4.69, 9.17) is 0 Å². The van der Waals surface area contributed by atoms with E-state index >= 15 is 0 Å². The predicted octanol–water partition coefficient (Wildman–Crippen LogP) is 3.55. The van der Waals surface area contributed by atoms with Gasteiger partial charge >= 0.3 is 6.18 Å². The van der Waals surface area contributed by atoms with Gasteiger partial charge < -0.3 is 10.2 Å². The first kappa shape index (κ1) is 28.1. The molecular formula is C23H27F4N3O4S. The zero-order chi connectivity index (χ0) is 26.6. The summed E-state index contributed by atoms with van der Waals surface area (Å²) in [6.07, 6.45) is -3.99. The van der Waals surface area contributed by atoms with Crippen molar-refractivity contribution in [2.45, 2.75) is 45.6 Å². The van der Waals surface area contributed by atoms with Crippen molar-refractivity contribution in [3.63, 3.8) is 0 Å². The molecular weight excluding hydrogens is 490 g/mol. The second kappa shape index (κ2) is 11.1. The number of alkyl halides is 3. The first-order valence-corrected chi connectivity index (χ1v) is 12.4. The van der Waals surface area contributed by atoms with Crippen molar-refractivity contribution in [1.29, 1.82) is 0 Å². The Hall–Kier alpha value is -3.15. The number of nitrogens with one attached hydrogen (secondary N) is 1. The van der Waals surface area contributed by atoms with Gasteiger partial charge in [0.15, 0.2) is 0 Å². The summed E-state index contributed by atoms with van der Waals surface area (Å²) in [5.74, 6) is -2.10. The molecule has 0 fully saturated rings. The minimum absolute atomic E-state index is 0.0787. The third kappa shape index (κ3) is 7.67. The van der Waals surface area contributed by atoms with Gasteiger partial charge in [-0.05, 0) is 45.0 Å². The highest BCUT2D eigenvalue weighted by atomic mass is 32.2. The predicted molar refractivity (Wildman–Crippen MR) is 123 cm³/mol. The molecule has 0 heterocycles. The Morgan fingerprint density at radius 3 is 2.20 bits per heavy atom. The van der Waals surface area contributed by atoms with Crippen molar-refractivity contribution in [3.8, 4) is 0 Å². The molecule has 35 heavy (non-hydrogen) atoms. The molecule has 0 aliphatic rings. The maximum Gasteiger partial charge on any atom is 0.416 e. The van der Waals surface area contributed by atoms with Gasteiger partial charge in [0, 0.05) is 18.2 Å². The summed E-state index contributed by atoms with van der Waals surface area (Å²) >= 11 is 0. The van der Waals surface area contributed by atoms with Gasteiger partial charge in [-0.2, -0.15) is 13.2 Å². The molecule has 1 atom stereocenters. The van der Waals surface area contributed by atoms with Crippen molar-refractivity contribution < 1.29 is 35.6 Å². The molecule has 0 saturated heterocycles. The van der Waals surface area contributed by atoms with Crippen molar-refractivity contribution >= 4 is 27.5 Å². The van der Waals surface area contributed by atoms with Crippen LogP contribution in [0.3, 0.4) is 0 Å². The Bertz CT molecular complexity index is 1170. The Balaban J connectivity index is 2.46. The first-order chi connectivity index (χ1) is 16.1. The Labute approximate surface area is 201 Å². The molecule has 0 radical (unpaired) electrons. The molecule has 2 aromatic carbocycles. The Morgan fingerprint density at radius 1 is 1.03 bits per heavy atom. The molecule has 7 nitrogen and oxygen atoms in total. The molecule has 0 saturated carbocycles. The topological polar surface area (TPSA) is 86.8 Å². The molecule has 2 aromatic rings. The summed E-state index contributed by atoms with van der Waals surface area (Å²) in [6, 6.07) is 7.69. The number of carbonyl (C=O) groups excluding carboxylic acids is 2. The number of rotatable bonds is 9. The van der Waals surface area contributed by atoms with Crippen molar-refractivity contribution in [3.05, 3.63) is 65.5 Å². The average molecular weight is 518 g/mol. The van der Waals surface area contributed by atoms with Gasteiger partial charge in [-0.1, -0.05) is 24.3 Å². The molecule has 0 unspecified atom stereocenters. The van der Waals surface area contributed by atoms with Crippen LogP contribution in [0.5, 0.6) is 0 Å². The van der Waals surface area contributed by atoms with Crippen LogP contribution in [0.1, 0.15) is 31.9 Å². The lowest BCUT2D eigenvalue weighted by molar-refractivity contribution is -0.139. The number of hydrogen-bond acceptors (Lipinski definition) is 4. The number of sulfonamides is 1. The van der Waals surface area contributed by atoms with E-state index in [1.165, 1.54) is 31.2 Å². The lowest BCUT2D eigenvalue weighted by Gasteiger charge is -2.32. The lowest BCUT2D eigenvalue weighted by atomic mass is 10.1. The number of anilines is 1. The smallest absolute Gasteiger partial charge is 0.352 e. The van der Waals surface area contributed by atoms with Crippen LogP contribution in [0.2, 0.25) is 0 Å². The van der Waals surface area contributed by atoms with Crippen LogP contribution < -0.4 is 9.62 Å². The molecule has 0 aliphatic carbocycles. The van der Waals surface area contributed by atoms with Gasteiger partial charge in [-0.25, -0.2) is 12.8 Å². The maximum absolute atomic E-state index is 14.3. The van der Waals surface area contributed by atoms with Gasteiger partial charge in [-0.3, -0.25) is 13.9 Å². The quantitative estimate of drug-likeness (QED) is 0.516. The van der Waals surface area contributed by atoms with Crippen LogP contribution >= 0.6 is 0 Å². The van der Waals surface area contributed by atoms with E-state index in [2.05, 4.69) is 5.32 Å². The second-order valence-corrected chi connectivity index (χ2v) is 10.2. The Morgan fingerprint density at radius 2 is 1.66 bits per heavy atom. The molecule has 2 amide bonds. The largest absolute Gasteiger partial charge is 0.416 e. The molecule has 12 heteroatoms. The molecule has 192 valence electrons.